The fraction of sp³-hybridized carbons (Fsp3) is 0.115. The number of anilines is 1. The molecule has 30 heavy (non-hydrogen) atoms. The van der Waals surface area contributed by atoms with Crippen molar-refractivity contribution in [2.45, 2.75) is 13.0 Å². The van der Waals surface area contributed by atoms with Crippen molar-refractivity contribution in [2.24, 2.45) is 15.0 Å². The zero-order valence-electron chi connectivity index (χ0n) is 17.2. The van der Waals surface area contributed by atoms with Gasteiger partial charge in [-0.15, -0.1) is 0 Å². The average Bonchev–Trinajstić information content (AvgIpc) is 2.78. The highest BCUT2D eigenvalue weighted by Crippen LogP contribution is 2.20. The van der Waals surface area contributed by atoms with Gasteiger partial charge < -0.3 is 5.32 Å². The van der Waals surface area contributed by atoms with Crippen molar-refractivity contribution in [3.63, 3.8) is 0 Å². The van der Waals surface area contributed by atoms with E-state index in [1.807, 2.05) is 72.9 Å². The molecule has 2 aromatic carbocycles. The number of aryl methyl sites for hydroxylation is 1. The van der Waals surface area contributed by atoms with Gasteiger partial charge in [-0.05, 0) is 79.8 Å². The third kappa shape index (κ3) is 5.17. The molecule has 0 saturated carbocycles. The van der Waals surface area contributed by atoms with E-state index in [2.05, 4.69) is 51.5 Å². The molecule has 2 aliphatic rings. The smallest absolute Gasteiger partial charge is 0.0638 e. The molecule has 0 amide bonds. The molecule has 2 aliphatic carbocycles. The summed E-state index contributed by atoms with van der Waals surface area (Å²) in [6, 6.07) is 16.5. The Labute approximate surface area is 177 Å². The van der Waals surface area contributed by atoms with Gasteiger partial charge in [0.1, 0.15) is 0 Å². The van der Waals surface area contributed by atoms with E-state index >= 15 is 0 Å². The Morgan fingerprint density at radius 3 is 1.70 bits per heavy atom. The van der Waals surface area contributed by atoms with E-state index in [1.54, 1.807) is 7.05 Å². The van der Waals surface area contributed by atoms with Crippen LogP contribution in [0.15, 0.2) is 112 Å². The molecule has 1 N–H and O–H groups in total. The number of rotatable bonds is 4. The summed E-state index contributed by atoms with van der Waals surface area (Å²) in [6.07, 6.45) is 16.2. The lowest BCUT2D eigenvalue weighted by molar-refractivity contribution is 1.10. The molecule has 0 bridgehead atoms. The molecular formula is C26H24N4. The van der Waals surface area contributed by atoms with Crippen LogP contribution in [0.4, 0.5) is 17.1 Å². The number of allylic oxidation sites excluding steroid dienone is 6. The number of benzene rings is 2. The SMILES string of the molecule is CN=C1C=CC(=Nc2ccc(NC3C=CC(=Nc4ccc(C)cc4)C=C3)cc2)C=C1. The first-order valence-corrected chi connectivity index (χ1v) is 9.98. The maximum atomic E-state index is 4.66. The first kappa shape index (κ1) is 19.5. The zero-order chi connectivity index (χ0) is 20.8. The lowest BCUT2D eigenvalue weighted by Crippen LogP contribution is -2.16. The van der Waals surface area contributed by atoms with E-state index in [-0.39, 0.29) is 6.04 Å². The topological polar surface area (TPSA) is 49.1 Å². The van der Waals surface area contributed by atoms with E-state index in [0.717, 1.165) is 34.2 Å². The molecular weight excluding hydrogens is 368 g/mol. The van der Waals surface area contributed by atoms with Crippen LogP contribution in [0, 0.1) is 6.92 Å². The summed E-state index contributed by atoms with van der Waals surface area (Å²) in [4.78, 5) is 13.5. The third-order valence-electron chi connectivity index (χ3n) is 4.81. The molecule has 0 radical (unpaired) electrons. The highest BCUT2D eigenvalue weighted by Gasteiger charge is 2.06. The Bertz CT molecular complexity index is 1070. The van der Waals surface area contributed by atoms with Gasteiger partial charge in [-0.3, -0.25) is 4.99 Å². The van der Waals surface area contributed by atoms with Crippen molar-refractivity contribution < 1.29 is 0 Å². The normalized spacial score (nSPS) is 17.3. The second-order valence-electron chi connectivity index (χ2n) is 7.16. The van der Waals surface area contributed by atoms with E-state index < -0.39 is 0 Å². The van der Waals surface area contributed by atoms with Gasteiger partial charge in [0.05, 0.1) is 34.6 Å². The summed E-state index contributed by atoms with van der Waals surface area (Å²) in [5, 5.41) is 3.50. The van der Waals surface area contributed by atoms with Crippen molar-refractivity contribution in [3.05, 3.63) is 103 Å². The molecule has 4 nitrogen and oxygen atoms in total. The van der Waals surface area contributed by atoms with Gasteiger partial charge in [-0.1, -0.05) is 29.8 Å². The number of nitrogens with one attached hydrogen (secondary N) is 1. The molecule has 0 unspecified atom stereocenters. The minimum atomic E-state index is 0.134. The van der Waals surface area contributed by atoms with Gasteiger partial charge in [0.25, 0.3) is 0 Å². The lowest BCUT2D eigenvalue weighted by Gasteiger charge is -2.15. The number of hydrogen-bond acceptors (Lipinski definition) is 4. The fourth-order valence-electron chi connectivity index (χ4n) is 3.11. The van der Waals surface area contributed by atoms with Crippen molar-refractivity contribution in [1.29, 1.82) is 0 Å². The predicted molar refractivity (Wildman–Crippen MR) is 129 cm³/mol. The van der Waals surface area contributed by atoms with Gasteiger partial charge >= 0.3 is 0 Å². The van der Waals surface area contributed by atoms with Crippen LogP contribution in [0.1, 0.15) is 5.56 Å². The molecule has 0 saturated heterocycles. The first-order valence-electron chi connectivity index (χ1n) is 9.98. The van der Waals surface area contributed by atoms with Gasteiger partial charge in [0, 0.05) is 12.7 Å². The Morgan fingerprint density at radius 1 is 0.633 bits per heavy atom. The molecule has 148 valence electrons. The van der Waals surface area contributed by atoms with E-state index in [0.29, 0.717) is 0 Å². The van der Waals surface area contributed by atoms with Crippen LogP contribution in [-0.4, -0.2) is 30.2 Å². The van der Waals surface area contributed by atoms with Crippen molar-refractivity contribution in [1.82, 2.24) is 0 Å². The highest BCUT2D eigenvalue weighted by molar-refractivity contribution is 6.18. The molecule has 4 rings (SSSR count). The van der Waals surface area contributed by atoms with Crippen molar-refractivity contribution in [2.75, 3.05) is 12.4 Å². The second-order valence-corrected chi connectivity index (χ2v) is 7.16. The summed E-state index contributed by atoms with van der Waals surface area (Å²) in [6.45, 7) is 2.08. The number of hydrogen-bond donors (Lipinski definition) is 1. The van der Waals surface area contributed by atoms with Gasteiger partial charge in [-0.25, -0.2) is 9.98 Å². The van der Waals surface area contributed by atoms with Gasteiger partial charge in [0.2, 0.25) is 0 Å². The molecule has 0 spiro atoms. The maximum Gasteiger partial charge on any atom is 0.0638 e. The molecule has 0 heterocycles. The fourth-order valence-corrected chi connectivity index (χ4v) is 3.11. The Morgan fingerprint density at radius 2 is 1.13 bits per heavy atom. The molecule has 4 heteroatoms. The molecule has 0 atom stereocenters. The third-order valence-corrected chi connectivity index (χ3v) is 4.81. The van der Waals surface area contributed by atoms with Crippen LogP contribution in [0.3, 0.4) is 0 Å². The van der Waals surface area contributed by atoms with E-state index in [9.17, 15) is 0 Å². The largest absolute Gasteiger partial charge is 0.375 e. The van der Waals surface area contributed by atoms with Crippen molar-refractivity contribution >= 4 is 34.2 Å². The Kier molecular flexibility index (Phi) is 5.95. The first-order chi connectivity index (χ1) is 14.7. The van der Waals surface area contributed by atoms with Gasteiger partial charge in [-0.2, -0.15) is 0 Å². The standard InChI is InChI=1S/C26H24N4/c1-19-3-5-21(6-4-19)28-23-11-13-25(14-12-23)30-26-17-15-24(16-18-26)29-22-9-7-20(27-2)8-10-22/h3-18,25,30H,1-2H3. The Hall–Kier alpha value is -3.79. The molecule has 2 aromatic rings. The number of nitrogens with zero attached hydrogens (tertiary/aromatic N) is 3. The van der Waals surface area contributed by atoms with Crippen molar-refractivity contribution in [3.8, 4) is 0 Å². The second kappa shape index (κ2) is 9.14. The van der Waals surface area contributed by atoms with Gasteiger partial charge in [0.15, 0.2) is 0 Å². The molecule has 0 fully saturated rings. The van der Waals surface area contributed by atoms with Crippen LogP contribution in [0.5, 0.6) is 0 Å². The van der Waals surface area contributed by atoms with Crippen LogP contribution in [0.25, 0.3) is 0 Å². The Balaban J connectivity index is 1.36. The minimum Gasteiger partial charge on any atom is -0.375 e. The average molecular weight is 393 g/mol. The lowest BCUT2D eigenvalue weighted by atomic mass is 10.1. The predicted octanol–water partition coefficient (Wildman–Crippen LogP) is 5.94. The zero-order valence-corrected chi connectivity index (χ0v) is 17.2. The number of aliphatic imine (C=N–C) groups is 3. The summed E-state index contributed by atoms with van der Waals surface area (Å²) in [5.41, 5.74) is 7.00. The van der Waals surface area contributed by atoms with Crippen LogP contribution >= 0.6 is 0 Å². The maximum absolute atomic E-state index is 4.66. The summed E-state index contributed by atoms with van der Waals surface area (Å²) < 4.78 is 0. The summed E-state index contributed by atoms with van der Waals surface area (Å²) in [5.74, 6) is 0. The van der Waals surface area contributed by atoms with E-state index in [1.165, 1.54) is 5.56 Å². The van der Waals surface area contributed by atoms with Crippen LogP contribution < -0.4 is 5.32 Å². The van der Waals surface area contributed by atoms with Crippen LogP contribution in [0.2, 0.25) is 0 Å². The van der Waals surface area contributed by atoms with E-state index in [4.69, 9.17) is 0 Å². The minimum absolute atomic E-state index is 0.134. The van der Waals surface area contributed by atoms with Crippen LogP contribution in [-0.2, 0) is 0 Å². The molecule has 0 aliphatic heterocycles. The highest BCUT2D eigenvalue weighted by atomic mass is 14.9. The summed E-state index contributed by atoms with van der Waals surface area (Å²) >= 11 is 0. The monoisotopic (exact) mass is 392 g/mol. The summed E-state index contributed by atoms with van der Waals surface area (Å²) in [7, 11) is 1.78. The molecule has 0 aromatic heterocycles. The quantitative estimate of drug-likeness (QED) is 0.643.